The van der Waals surface area contributed by atoms with Crippen molar-refractivity contribution < 1.29 is 19.8 Å². The summed E-state index contributed by atoms with van der Waals surface area (Å²) in [7, 11) is 3.11. The molecule has 0 amide bonds. The van der Waals surface area contributed by atoms with Crippen LogP contribution in [0.3, 0.4) is 0 Å². The van der Waals surface area contributed by atoms with Gasteiger partial charge in [0.15, 0.2) is 0 Å². The number of nitrogens with zero attached hydrogens (tertiary/aromatic N) is 1. The van der Waals surface area contributed by atoms with E-state index in [0.717, 1.165) is 5.06 Å². The van der Waals surface area contributed by atoms with Gasteiger partial charge < -0.3 is 15.1 Å². The Kier molecular flexibility index (Phi) is 9.97. The molecule has 0 aliphatic carbocycles. The van der Waals surface area contributed by atoms with Gasteiger partial charge in [0, 0.05) is 14.1 Å². The second-order valence-corrected chi connectivity index (χ2v) is 2.53. The molecule has 15 heavy (non-hydrogen) atoms. The van der Waals surface area contributed by atoms with Gasteiger partial charge in [-0.05, 0) is 12.1 Å². The van der Waals surface area contributed by atoms with Crippen LogP contribution in [0.4, 0.5) is 4.79 Å². The van der Waals surface area contributed by atoms with E-state index in [0.29, 0.717) is 5.75 Å². The number of benzene rings is 1. The van der Waals surface area contributed by atoms with Gasteiger partial charge >= 0.3 is 6.16 Å². The molecule has 0 aliphatic rings. The monoisotopic (exact) mass is 235 g/mol. The molecule has 0 atom stereocenters. The number of hydrogen-bond donors (Lipinski definition) is 2. The van der Waals surface area contributed by atoms with Crippen LogP contribution in [0.25, 0.3) is 0 Å². The van der Waals surface area contributed by atoms with Gasteiger partial charge in [0.25, 0.3) is 0 Å². The number of carbonyl (C=O) groups is 1. The van der Waals surface area contributed by atoms with Gasteiger partial charge in [-0.2, -0.15) is 5.06 Å². The van der Waals surface area contributed by atoms with Crippen LogP contribution in [-0.4, -0.2) is 35.6 Å². The highest BCUT2D eigenvalue weighted by atomic mass is 35.5. The molecule has 0 aliphatic heterocycles. The molecule has 0 bridgehead atoms. The maximum absolute atomic E-state index is 9.95. The van der Waals surface area contributed by atoms with E-state index >= 15 is 0 Å². The molecule has 5 nitrogen and oxygen atoms in total. The number of para-hydroxylation sites is 1. The molecule has 0 saturated carbocycles. The van der Waals surface area contributed by atoms with Crippen molar-refractivity contribution in [2.75, 3.05) is 14.1 Å². The minimum atomic E-state index is -1.29. The summed E-state index contributed by atoms with van der Waals surface area (Å²) in [6.45, 7) is 0. The van der Waals surface area contributed by atoms with Crippen LogP contribution in [0.1, 0.15) is 0 Å². The minimum absolute atomic E-state index is 0. The normalized spacial score (nSPS) is 8.27. The molecule has 2 N–H and O–H groups in total. The molecule has 1 aromatic carbocycles. The standard InChI is InChI=1S/C7H6O3.C2H7NO.ClH/c8-7(9)10-6-4-2-1-3-5-6;1-3(2)4;/h1-5H,(H,8,9);4H,1-2H3;1H. The topological polar surface area (TPSA) is 70.0 Å². The van der Waals surface area contributed by atoms with E-state index in [2.05, 4.69) is 4.74 Å². The summed E-state index contributed by atoms with van der Waals surface area (Å²) in [6, 6.07) is 8.35. The zero-order valence-corrected chi connectivity index (χ0v) is 9.27. The van der Waals surface area contributed by atoms with E-state index in [4.69, 9.17) is 10.3 Å². The van der Waals surface area contributed by atoms with Gasteiger partial charge in [-0.15, -0.1) is 12.4 Å². The lowest BCUT2D eigenvalue weighted by atomic mass is 10.3. The first kappa shape index (κ1) is 16.1. The van der Waals surface area contributed by atoms with Gasteiger partial charge in [0.1, 0.15) is 5.75 Å². The number of hydrogen-bond acceptors (Lipinski definition) is 4. The summed E-state index contributed by atoms with van der Waals surface area (Å²) in [5, 5.41) is 17.0. The van der Waals surface area contributed by atoms with Crippen molar-refractivity contribution in [3.8, 4) is 5.75 Å². The summed E-state index contributed by atoms with van der Waals surface area (Å²) in [5.74, 6) is 0.343. The maximum Gasteiger partial charge on any atom is 0.511 e. The minimum Gasteiger partial charge on any atom is -0.449 e. The fourth-order valence-electron chi connectivity index (χ4n) is 0.589. The Morgan fingerprint density at radius 3 is 2.00 bits per heavy atom. The predicted octanol–water partition coefficient (Wildman–Crippen LogP) is 2.10. The maximum atomic E-state index is 9.95. The molecule has 1 rings (SSSR count). The van der Waals surface area contributed by atoms with Gasteiger partial charge in [0.2, 0.25) is 0 Å². The quantitative estimate of drug-likeness (QED) is 0.443. The zero-order chi connectivity index (χ0) is 11.0. The predicted molar refractivity (Wildman–Crippen MR) is 57.8 cm³/mol. The average Bonchev–Trinajstić information content (AvgIpc) is 2.03. The molecule has 0 radical (unpaired) electrons. The molecular formula is C9H14ClNO4. The van der Waals surface area contributed by atoms with Gasteiger partial charge in [-0.3, -0.25) is 0 Å². The summed E-state index contributed by atoms with van der Waals surface area (Å²) in [5.41, 5.74) is 0. The SMILES string of the molecule is CN(C)O.Cl.O=C(O)Oc1ccccc1. The van der Waals surface area contributed by atoms with Crippen molar-refractivity contribution in [3.05, 3.63) is 30.3 Å². The summed E-state index contributed by atoms with van der Waals surface area (Å²) >= 11 is 0. The lowest BCUT2D eigenvalue weighted by molar-refractivity contribution is -0.0372. The molecule has 0 aromatic heterocycles. The Bertz CT molecular complexity index is 263. The highest BCUT2D eigenvalue weighted by Gasteiger charge is 1.96. The van der Waals surface area contributed by atoms with Gasteiger partial charge in [-0.25, -0.2) is 4.79 Å². The lowest BCUT2D eigenvalue weighted by Crippen LogP contribution is -2.02. The molecule has 1 aromatic rings. The Balaban J connectivity index is 0. The largest absolute Gasteiger partial charge is 0.511 e. The third-order valence-electron chi connectivity index (χ3n) is 0.948. The number of halogens is 1. The van der Waals surface area contributed by atoms with Crippen LogP contribution in [0.15, 0.2) is 30.3 Å². The number of carboxylic acid groups (broad SMARTS) is 1. The van der Waals surface area contributed by atoms with E-state index in [9.17, 15) is 4.79 Å². The first-order valence-electron chi connectivity index (χ1n) is 3.84. The Labute approximate surface area is 94.3 Å². The summed E-state index contributed by atoms with van der Waals surface area (Å²) in [6.07, 6.45) is -1.29. The Hall–Kier alpha value is -1.30. The molecule has 0 fully saturated rings. The summed E-state index contributed by atoms with van der Waals surface area (Å²) in [4.78, 5) is 9.95. The second-order valence-electron chi connectivity index (χ2n) is 2.53. The highest BCUT2D eigenvalue weighted by molar-refractivity contribution is 5.85. The van der Waals surface area contributed by atoms with Gasteiger partial charge in [0.05, 0.1) is 0 Å². The van der Waals surface area contributed by atoms with Gasteiger partial charge in [-0.1, -0.05) is 18.2 Å². The molecule has 0 spiro atoms. The molecule has 86 valence electrons. The van der Waals surface area contributed by atoms with Crippen molar-refractivity contribution in [2.24, 2.45) is 0 Å². The highest BCUT2D eigenvalue weighted by Crippen LogP contribution is 2.07. The van der Waals surface area contributed by atoms with Crippen LogP contribution < -0.4 is 4.74 Å². The molecule has 6 heteroatoms. The Morgan fingerprint density at radius 1 is 1.27 bits per heavy atom. The van der Waals surface area contributed by atoms with E-state index in [1.54, 1.807) is 44.4 Å². The molecule has 0 heterocycles. The van der Waals surface area contributed by atoms with E-state index in [1.165, 1.54) is 0 Å². The number of rotatable bonds is 1. The fourth-order valence-corrected chi connectivity index (χ4v) is 0.589. The molecule has 0 saturated heterocycles. The van der Waals surface area contributed by atoms with E-state index in [1.807, 2.05) is 0 Å². The Morgan fingerprint density at radius 2 is 1.67 bits per heavy atom. The fraction of sp³-hybridized carbons (Fsp3) is 0.222. The van der Waals surface area contributed by atoms with Crippen molar-refractivity contribution in [3.63, 3.8) is 0 Å². The van der Waals surface area contributed by atoms with Crippen molar-refractivity contribution in [2.45, 2.75) is 0 Å². The van der Waals surface area contributed by atoms with Crippen LogP contribution in [0.5, 0.6) is 5.75 Å². The first-order valence-corrected chi connectivity index (χ1v) is 3.84. The van der Waals surface area contributed by atoms with E-state index < -0.39 is 6.16 Å². The number of ether oxygens (including phenoxy) is 1. The first-order chi connectivity index (χ1) is 6.52. The van der Waals surface area contributed by atoms with E-state index in [-0.39, 0.29) is 12.4 Å². The summed E-state index contributed by atoms with van der Waals surface area (Å²) < 4.78 is 4.33. The van der Waals surface area contributed by atoms with Crippen LogP contribution in [-0.2, 0) is 0 Å². The second kappa shape index (κ2) is 9.26. The third kappa shape index (κ3) is 12.7. The molecular weight excluding hydrogens is 222 g/mol. The molecule has 0 unspecified atom stereocenters. The van der Waals surface area contributed by atoms with Crippen LogP contribution in [0.2, 0.25) is 0 Å². The zero-order valence-electron chi connectivity index (χ0n) is 8.45. The van der Waals surface area contributed by atoms with Crippen LogP contribution >= 0.6 is 12.4 Å². The smallest absolute Gasteiger partial charge is 0.449 e. The number of hydroxylamine groups is 2. The average molecular weight is 236 g/mol. The van der Waals surface area contributed by atoms with Crippen molar-refractivity contribution >= 4 is 18.6 Å². The van der Waals surface area contributed by atoms with Crippen LogP contribution in [0, 0.1) is 0 Å². The lowest BCUT2D eigenvalue weighted by Gasteiger charge is -1.95. The third-order valence-corrected chi connectivity index (χ3v) is 0.948. The van der Waals surface area contributed by atoms with Crippen molar-refractivity contribution in [1.82, 2.24) is 5.06 Å². The van der Waals surface area contributed by atoms with Crippen molar-refractivity contribution in [1.29, 1.82) is 0 Å².